The molecule has 0 rings (SSSR count). The van der Waals surface area contributed by atoms with Crippen molar-refractivity contribution in [2.75, 3.05) is 6.61 Å². The van der Waals surface area contributed by atoms with Gasteiger partial charge in [0.05, 0.1) is 18.8 Å². The average Bonchev–Trinajstić information content (AvgIpc) is 2.95. The summed E-state index contributed by atoms with van der Waals surface area (Å²) in [6.45, 7) is 3.95. The molecule has 0 aromatic carbocycles. The molecule has 0 radical (unpaired) electrons. The van der Waals surface area contributed by atoms with E-state index in [0.29, 0.717) is 6.42 Å². The predicted octanol–water partition coefficient (Wildman–Crippen LogP) is 9.90. The second-order valence-corrected chi connectivity index (χ2v) is 11.6. The van der Waals surface area contributed by atoms with Crippen LogP contribution in [0.2, 0.25) is 0 Å². The Hall–Kier alpha value is -1.39. The van der Waals surface area contributed by atoms with Crippen molar-refractivity contribution in [3.63, 3.8) is 0 Å². The van der Waals surface area contributed by atoms with E-state index in [0.717, 1.165) is 32.1 Å². The smallest absolute Gasteiger partial charge is 0.220 e. The highest BCUT2D eigenvalue weighted by molar-refractivity contribution is 5.76. The molecule has 2 atom stereocenters. The quantitative estimate of drug-likeness (QED) is 0.0603. The molecule has 0 spiro atoms. The molecule has 0 bridgehead atoms. The van der Waals surface area contributed by atoms with Gasteiger partial charge in [-0.15, -0.1) is 0 Å². The lowest BCUT2D eigenvalue weighted by molar-refractivity contribution is -0.122. The Balaban J connectivity index is 3.44. The van der Waals surface area contributed by atoms with Crippen molar-refractivity contribution in [2.24, 2.45) is 0 Å². The third-order valence-corrected chi connectivity index (χ3v) is 7.57. The van der Waals surface area contributed by atoms with Crippen molar-refractivity contribution in [3.8, 4) is 0 Å². The highest BCUT2D eigenvalue weighted by Gasteiger charge is 2.17. The molecule has 2 unspecified atom stereocenters. The molecule has 0 aliphatic rings. The number of hydrogen-bond donors (Lipinski definition) is 3. The molecule has 0 heterocycles. The van der Waals surface area contributed by atoms with Crippen molar-refractivity contribution in [1.82, 2.24) is 5.32 Å². The summed E-state index contributed by atoms with van der Waals surface area (Å²) in [4.78, 5) is 11.6. The van der Waals surface area contributed by atoms with E-state index in [1.54, 1.807) is 6.08 Å². The lowest BCUT2D eigenvalue weighted by Crippen LogP contribution is -2.45. The summed E-state index contributed by atoms with van der Waals surface area (Å²) in [5, 5.41) is 22.2. The van der Waals surface area contributed by atoms with Gasteiger partial charge in [0, 0.05) is 6.42 Å². The number of unbranched alkanes of at least 4 members (excludes halogenated alkanes) is 19. The second-order valence-electron chi connectivity index (χ2n) is 11.6. The standard InChI is InChI=1S/C36H67NO3/c1-3-5-6-7-8-9-10-11-12-13-14-15-16-17-18-19-20-21-22-23-24-25-26-27-28-29-30-32-35(39)34(33-38)37-36(40)31-4-2/h22-23,26-27,30,32,34-35,38-39H,3-21,24-25,28-29,31,33H2,1-2H3,(H,37,40)/b23-22+,27-26+,32-30+. The normalized spacial score (nSPS) is 13.6. The molecule has 0 aliphatic heterocycles. The average molecular weight is 562 g/mol. The molecule has 0 aromatic heterocycles. The van der Waals surface area contributed by atoms with E-state index < -0.39 is 12.1 Å². The summed E-state index contributed by atoms with van der Waals surface area (Å²) >= 11 is 0. The third-order valence-electron chi connectivity index (χ3n) is 7.57. The lowest BCUT2D eigenvalue weighted by atomic mass is 10.0. The van der Waals surface area contributed by atoms with Gasteiger partial charge in [0.25, 0.3) is 0 Å². The molecule has 0 saturated carbocycles. The monoisotopic (exact) mass is 562 g/mol. The zero-order valence-electron chi connectivity index (χ0n) is 26.6. The number of nitrogens with one attached hydrogen (secondary N) is 1. The molecular formula is C36H67NO3. The summed E-state index contributed by atoms with van der Waals surface area (Å²) in [6, 6.07) is -0.637. The van der Waals surface area contributed by atoms with Crippen LogP contribution >= 0.6 is 0 Å². The predicted molar refractivity (Wildman–Crippen MR) is 175 cm³/mol. The molecule has 0 saturated heterocycles. The Morgan fingerprint density at radius 1 is 0.575 bits per heavy atom. The largest absolute Gasteiger partial charge is 0.394 e. The fourth-order valence-electron chi connectivity index (χ4n) is 4.96. The van der Waals surface area contributed by atoms with Gasteiger partial charge in [-0.2, -0.15) is 0 Å². The molecule has 0 fully saturated rings. The first-order chi connectivity index (χ1) is 19.7. The van der Waals surface area contributed by atoms with Crippen LogP contribution in [0.1, 0.15) is 168 Å². The van der Waals surface area contributed by atoms with Crippen LogP contribution in [0, 0.1) is 0 Å². The number of rotatable bonds is 30. The van der Waals surface area contributed by atoms with E-state index in [1.807, 2.05) is 13.0 Å². The lowest BCUT2D eigenvalue weighted by Gasteiger charge is -2.19. The number of aliphatic hydroxyl groups is 2. The summed E-state index contributed by atoms with van der Waals surface area (Å²) in [6.07, 6.45) is 42.3. The summed E-state index contributed by atoms with van der Waals surface area (Å²) in [5.41, 5.74) is 0. The van der Waals surface area contributed by atoms with E-state index in [9.17, 15) is 15.0 Å². The first kappa shape index (κ1) is 38.6. The van der Waals surface area contributed by atoms with Crippen LogP contribution in [0.3, 0.4) is 0 Å². The van der Waals surface area contributed by atoms with Crippen LogP contribution < -0.4 is 5.32 Å². The van der Waals surface area contributed by atoms with Gasteiger partial charge in [-0.3, -0.25) is 4.79 Å². The fraction of sp³-hybridized carbons (Fsp3) is 0.806. The van der Waals surface area contributed by atoms with Crippen LogP contribution in [0.15, 0.2) is 36.5 Å². The van der Waals surface area contributed by atoms with Gasteiger partial charge in [-0.05, 0) is 44.9 Å². The Kier molecular flexibility index (Phi) is 31.0. The van der Waals surface area contributed by atoms with Crippen molar-refractivity contribution in [1.29, 1.82) is 0 Å². The first-order valence-electron chi connectivity index (χ1n) is 17.2. The van der Waals surface area contributed by atoms with Gasteiger partial charge in [0.15, 0.2) is 0 Å². The number of hydrogen-bond acceptors (Lipinski definition) is 3. The van der Waals surface area contributed by atoms with Crippen molar-refractivity contribution >= 4 is 5.91 Å². The van der Waals surface area contributed by atoms with E-state index >= 15 is 0 Å². The van der Waals surface area contributed by atoms with Gasteiger partial charge in [-0.1, -0.05) is 153 Å². The highest BCUT2D eigenvalue weighted by atomic mass is 16.3. The highest BCUT2D eigenvalue weighted by Crippen LogP contribution is 2.14. The Morgan fingerprint density at radius 2 is 0.975 bits per heavy atom. The maximum Gasteiger partial charge on any atom is 0.220 e. The summed E-state index contributed by atoms with van der Waals surface area (Å²) in [7, 11) is 0. The minimum atomic E-state index is -0.862. The maximum absolute atomic E-state index is 11.6. The second kappa shape index (κ2) is 32.1. The summed E-state index contributed by atoms with van der Waals surface area (Å²) in [5.74, 6) is -0.133. The number of aliphatic hydroxyl groups excluding tert-OH is 2. The fourth-order valence-corrected chi connectivity index (χ4v) is 4.96. The number of carbonyl (C=O) groups is 1. The zero-order valence-corrected chi connectivity index (χ0v) is 26.6. The first-order valence-corrected chi connectivity index (χ1v) is 17.2. The van der Waals surface area contributed by atoms with E-state index in [4.69, 9.17) is 0 Å². The number of allylic oxidation sites excluding steroid dienone is 5. The van der Waals surface area contributed by atoms with Crippen LogP contribution in [0.5, 0.6) is 0 Å². The summed E-state index contributed by atoms with van der Waals surface area (Å²) < 4.78 is 0. The third kappa shape index (κ3) is 28.1. The Labute approximate surface area is 249 Å². The molecule has 4 heteroatoms. The molecular weight excluding hydrogens is 494 g/mol. The zero-order chi connectivity index (χ0) is 29.4. The Bertz CT molecular complexity index is 613. The molecule has 0 aliphatic carbocycles. The number of amides is 1. The Morgan fingerprint density at radius 3 is 1.40 bits per heavy atom. The van der Waals surface area contributed by atoms with E-state index in [1.165, 1.54) is 116 Å². The van der Waals surface area contributed by atoms with Gasteiger partial charge in [-0.25, -0.2) is 0 Å². The SMILES string of the molecule is CCCCCCCCCCCCCCCCCCC/C=C/CC/C=C/CC/C=C/C(O)C(CO)NC(=O)CCC. The van der Waals surface area contributed by atoms with E-state index in [-0.39, 0.29) is 12.5 Å². The molecule has 40 heavy (non-hydrogen) atoms. The molecule has 3 N–H and O–H groups in total. The van der Waals surface area contributed by atoms with Crippen LogP contribution in [0.4, 0.5) is 0 Å². The van der Waals surface area contributed by atoms with Crippen LogP contribution in [-0.4, -0.2) is 34.9 Å². The molecule has 0 aromatic rings. The van der Waals surface area contributed by atoms with Crippen molar-refractivity contribution in [2.45, 2.75) is 180 Å². The van der Waals surface area contributed by atoms with Gasteiger partial charge >= 0.3 is 0 Å². The van der Waals surface area contributed by atoms with E-state index in [2.05, 4.69) is 36.5 Å². The van der Waals surface area contributed by atoms with Crippen molar-refractivity contribution in [3.05, 3.63) is 36.5 Å². The van der Waals surface area contributed by atoms with Crippen LogP contribution in [0.25, 0.3) is 0 Å². The van der Waals surface area contributed by atoms with Crippen LogP contribution in [-0.2, 0) is 4.79 Å². The molecule has 234 valence electrons. The number of carbonyl (C=O) groups excluding carboxylic acids is 1. The van der Waals surface area contributed by atoms with Gasteiger partial charge < -0.3 is 15.5 Å². The minimum Gasteiger partial charge on any atom is -0.394 e. The van der Waals surface area contributed by atoms with Gasteiger partial charge in [0.2, 0.25) is 5.91 Å². The minimum absolute atomic E-state index is 0.133. The van der Waals surface area contributed by atoms with Gasteiger partial charge in [0.1, 0.15) is 0 Å². The van der Waals surface area contributed by atoms with Crippen molar-refractivity contribution < 1.29 is 15.0 Å². The maximum atomic E-state index is 11.6. The topological polar surface area (TPSA) is 69.6 Å². The molecule has 4 nitrogen and oxygen atoms in total. The molecule has 1 amide bonds.